The van der Waals surface area contributed by atoms with Gasteiger partial charge in [-0.3, -0.25) is 0 Å². The van der Waals surface area contributed by atoms with E-state index in [0.717, 1.165) is 0 Å². The zero-order valence-electron chi connectivity index (χ0n) is 12.5. The normalized spacial score (nSPS) is 11.4. The second-order valence-electron chi connectivity index (χ2n) is 5.42. The van der Waals surface area contributed by atoms with Crippen molar-refractivity contribution >= 4 is 12.6 Å². The van der Waals surface area contributed by atoms with Crippen molar-refractivity contribution in [2.24, 2.45) is 0 Å². The van der Waals surface area contributed by atoms with E-state index >= 15 is 0 Å². The number of hydrogen-bond donors (Lipinski definition) is 1. The molecule has 0 rings (SSSR count). The molecule has 0 heterocycles. The van der Waals surface area contributed by atoms with Crippen molar-refractivity contribution in [3.63, 3.8) is 0 Å². The monoisotopic (exact) mass is 270 g/mol. The van der Waals surface area contributed by atoms with Crippen LogP contribution < -0.4 is 0 Å². The van der Waals surface area contributed by atoms with Crippen molar-refractivity contribution in [1.82, 2.24) is 0 Å². The van der Waals surface area contributed by atoms with E-state index in [9.17, 15) is 0 Å². The summed E-state index contributed by atoms with van der Waals surface area (Å²) in [5.41, 5.74) is 0. The third-order valence-corrected chi connectivity index (χ3v) is 3.79. The summed E-state index contributed by atoms with van der Waals surface area (Å²) in [5, 5.41) is 1.86. The minimum absolute atomic E-state index is 1.21. The van der Waals surface area contributed by atoms with Crippen LogP contribution in [0.25, 0.3) is 0 Å². The molecule has 0 amide bonds. The molecule has 0 aliphatic carbocycles. The first kappa shape index (κ1) is 18.1. The Morgan fingerprint density at radius 3 is 1.39 bits per heavy atom. The molecule has 0 saturated carbocycles. The van der Waals surface area contributed by atoms with Crippen molar-refractivity contribution in [2.75, 3.05) is 0 Å². The Morgan fingerprint density at radius 2 is 1.00 bits per heavy atom. The fraction of sp³-hybridized carbons (Fsp3) is 0.882. The fourth-order valence-corrected chi connectivity index (χ4v) is 2.50. The van der Waals surface area contributed by atoms with E-state index in [2.05, 4.69) is 25.6 Å². The van der Waals surface area contributed by atoms with Crippen LogP contribution in [0.15, 0.2) is 11.5 Å². The van der Waals surface area contributed by atoms with Crippen LogP contribution in [0.4, 0.5) is 0 Å². The zero-order chi connectivity index (χ0) is 13.3. The van der Waals surface area contributed by atoms with Gasteiger partial charge in [0, 0.05) is 0 Å². The molecule has 0 atom stereocenters. The Labute approximate surface area is 121 Å². The lowest BCUT2D eigenvalue weighted by Gasteiger charge is -2.02. The first-order valence-electron chi connectivity index (χ1n) is 8.21. The van der Waals surface area contributed by atoms with Gasteiger partial charge in [0.25, 0.3) is 0 Å². The average Bonchev–Trinajstić information content (AvgIpc) is 2.39. The van der Waals surface area contributed by atoms with Crippen LogP contribution in [0.1, 0.15) is 96.8 Å². The highest BCUT2D eigenvalue weighted by molar-refractivity contribution is 7.83. The van der Waals surface area contributed by atoms with Crippen molar-refractivity contribution in [2.45, 2.75) is 96.8 Å². The average molecular weight is 271 g/mol. The highest BCUT2D eigenvalue weighted by atomic mass is 32.1. The molecule has 0 radical (unpaired) electrons. The van der Waals surface area contributed by atoms with Crippen molar-refractivity contribution in [3.8, 4) is 0 Å². The third kappa shape index (κ3) is 16.1. The summed E-state index contributed by atoms with van der Waals surface area (Å²) in [6.45, 7) is 2.29. The van der Waals surface area contributed by atoms with E-state index in [-0.39, 0.29) is 0 Å². The lowest BCUT2D eigenvalue weighted by molar-refractivity contribution is 0.540. The van der Waals surface area contributed by atoms with E-state index in [4.69, 9.17) is 0 Å². The van der Waals surface area contributed by atoms with E-state index in [0.29, 0.717) is 0 Å². The molecule has 0 N–H and O–H groups in total. The predicted octanol–water partition coefficient (Wildman–Crippen LogP) is 6.91. The van der Waals surface area contributed by atoms with Gasteiger partial charge >= 0.3 is 0 Å². The Balaban J connectivity index is 2.90. The molecule has 0 aliphatic rings. The van der Waals surface area contributed by atoms with Gasteiger partial charge in [-0.15, -0.1) is 0 Å². The quantitative estimate of drug-likeness (QED) is 0.257. The fourth-order valence-electron chi connectivity index (χ4n) is 2.35. The van der Waals surface area contributed by atoms with E-state index < -0.39 is 0 Å². The molecule has 0 nitrogen and oxygen atoms in total. The molecule has 0 unspecified atom stereocenters. The molecule has 0 spiro atoms. The molecular formula is C17H34S. The van der Waals surface area contributed by atoms with E-state index in [1.54, 1.807) is 0 Å². The number of allylic oxidation sites excluding steroid dienone is 1. The van der Waals surface area contributed by atoms with Crippen molar-refractivity contribution < 1.29 is 0 Å². The van der Waals surface area contributed by atoms with Gasteiger partial charge in [-0.2, -0.15) is 12.6 Å². The molecule has 18 heavy (non-hydrogen) atoms. The maximum Gasteiger partial charge on any atom is -0.0343 e. The van der Waals surface area contributed by atoms with Crippen molar-refractivity contribution in [3.05, 3.63) is 11.5 Å². The first-order chi connectivity index (χ1) is 8.91. The molecular weight excluding hydrogens is 236 g/mol. The van der Waals surface area contributed by atoms with Gasteiger partial charge in [-0.05, 0) is 18.2 Å². The van der Waals surface area contributed by atoms with Gasteiger partial charge in [-0.1, -0.05) is 90.0 Å². The summed E-state index contributed by atoms with van der Waals surface area (Å²) >= 11 is 4.06. The lowest BCUT2D eigenvalue weighted by atomic mass is 10.0. The molecule has 0 aromatic heterocycles. The molecule has 0 aromatic carbocycles. The Morgan fingerprint density at radius 1 is 0.611 bits per heavy atom. The number of rotatable bonds is 14. The SMILES string of the molecule is CCCCCCCCCCCCCCCC=CS. The highest BCUT2D eigenvalue weighted by Crippen LogP contribution is 2.12. The van der Waals surface area contributed by atoms with Gasteiger partial charge in [-0.25, -0.2) is 0 Å². The van der Waals surface area contributed by atoms with Crippen LogP contribution in [0, 0.1) is 0 Å². The molecule has 108 valence electrons. The topological polar surface area (TPSA) is 0 Å². The molecule has 0 aromatic rings. The molecule has 0 saturated heterocycles. The van der Waals surface area contributed by atoms with Crippen LogP contribution >= 0.6 is 12.6 Å². The number of unbranched alkanes of at least 4 members (excludes halogenated alkanes) is 13. The summed E-state index contributed by atoms with van der Waals surface area (Å²) in [6.07, 6.45) is 22.0. The molecule has 1 heteroatoms. The van der Waals surface area contributed by atoms with Gasteiger partial charge in [0.05, 0.1) is 0 Å². The summed E-state index contributed by atoms with van der Waals surface area (Å²) < 4.78 is 0. The van der Waals surface area contributed by atoms with Crippen LogP contribution in [-0.4, -0.2) is 0 Å². The van der Waals surface area contributed by atoms with Crippen molar-refractivity contribution in [1.29, 1.82) is 0 Å². The second-order valence-corrected chi connectivity index (χ2v) is 5.71. The molecule has 0 bridgehead atoms. The van der Waals surface area contributed by atoms with Crippen LogP contribution in [0.5, 0.6) is 0 Å². The Bertz CT molecular complexity index is 163. The highest BCUT2D eigenvalue weighted by Gasteiger charge is 1.93. The van der Waals surface area contributed by atoms with Crippen LogP contribution in [-0.2, 0) is 0 Å². The zero-order valence-corrected chi connectivity index (χ0v) is 13.4. The summed E-state index contributed by atoms with van der Waals surface area (Å²) in [7, 11) is 0. The smallest absolute Gasteiger partial charge is 0.0343 e. The molecule has 0 fully saturated rings. The molecule has 0 aliphatic heterocycles. The lowest BCUT2D eigenvalue weighted by Crippen LogP contribution is -1.82. The van der Waals surface area contributed by atoms with Gasteiger partial charge < -0.3 is 0 Å². The van der Waals surface area contributed by atoms with Crippen LogP contribution in [0.3, 0.4) is 0 Å². The maximum atomic E-state index is 4.06. The number of hydrogen-bond acceptors (Lipinski definition) is 1. The second kappa shape index (κ2) is 17.1. The minimum atomic E-state index is 1.21. The standard InChI is InChI=1S/C17H34S/c1-2-3-4-5-6-7-8-9-10-11-12-13-14-15-16-17-18/h16-18H,2-15H2,1H3. The van der Waals surface area contributed by atoms with E-state index in [1.165, 1.54) is 89.9 Å². The van der Waals surface area contributed by atoms with Crippen LogP contribution in [0.2, 0.25) is 0 Å². The maximum absolute atomic E-state index is 4.06. The van der Waals surface area contributed by atoms with Gasteiger partial charge in [0.15, 0.2) is 0 Å². The third-order valence-electron chi connectivity index (χ3n) is 3.58. The summed E-state index contributed by atoms with van der Waals surface area (Å²) in [4.78, 5) is 0. The summed E-state index contributed by atoms with van der Waals surface area (Å²) in [6, 6.07) is 0. The Hall–Kier alpha value is 0.0900. The van der Waals surface area contributed by atoms with Gasteiger partial charge in [0.1, 0.15) is 0 Å². The number of thiol groups is 1. The van der Waals surface area contributed by atoms with E-state index in [1.807, 2.05) is 5.41 Å². The minimum Gasteiger partial charge on any atom is -0.152 e. The first-order valence-corrected chi connectivity index (χ1v) is 8.72. The predicted molar refractivity (Wildman–Crippen MR) is 88.4 cm³/mol. The largest absolute Gasteiger partial charge is 0.152 e. The summed E-state index contributed by atoms with van der Waals surface area (Å²) in [5.74, 6) is 0. The van der Waals surface area contributed by atoms with Gasteiger partial charge in [0.2, 0.25) is 0 Å². The Kier molecular flexibility index (Phi) is 17.2.